The number of carbonyl (C=O) groups is 1. The molecule has 2 heterocycles. The molecular weight excluding hydrogens is 229 g/mol. The maximum Gasteiger partial charge on any atom is 0.435 e. The van der Waals surface area contributed by atoms with Crippen LogP contribution >= 0.6 is 0 Å². The number of rotatable bonds is 4. The molecule has 1 amide bonds. The summed E-state index contributed by atoms with van der Waals surface area (Å²) >= 11 is 0. The third-order valence-corrected chi connectivity index (χ3v) is 2.03. The number of hydrogen-bond donors (Lipinski definition) is 1. The monoisotopic (exact) mass is 239 g/mol. The van der Waals surface area contributed by atoms with Gasteiger partial charge in [-0.1, -0.05) is 6.07 Å². The van der Waals surface area contributed by atoms with Crippen molar-refractivity contribution in [3.63, 3.8) is 0 Å². The summed E-state index contributed by atoms with van der Waals surface area (Å²) in [4.78, 5) is 22.7. The quantitative estimate of drug-likeness (QED) is 0.478. The standard InChI is InChI=1S/C10H10FN3O3/c11-8-2-1-7(5-12-8)3-4-17-14-9-6-16-10(15)13-9/h1-2,5H,3-4,6H2,(H,13,14,15). The topological polar surface area (TPSA) is 72.8 Å². The number of amides is 1. The summed E-state index contributed by atoms with van der Waals surface area (Å²) in [5.74, 6) is -0.170. The summed E-state index contributed by atoms with van der Waals surface area (Å²) in [5.41, 5.74) is 3.36. The van der Waals surface area contributed by atoms with Crippen LogP contribution in [0.25, 0.3) is 0 Å². The molecule has 6 nitrogen and oxygen atoms in total. The molecule has 2 rings (SSSR count). The highest BCUT2D eigenvalue weighted by Gasteiger charge is 2.14. The Morgan fingerprint density at radius 3 is 3.06 bits per heavy atom. The van der Waals surface area contributed by atoms with Crippen molar-refractivity contribution in [2.45, 2.75) is 6.42 Å². The summed E-state index contributed by atoms with van der Waals surface area (Å²) in [5, 5.41) is 0. The number of ether oxygens (including phenoxy) is 1. The number of aromatic nitrogens is 1. The Morgan fingerprint density at radius 1 is 1.53 bits per heavy atom. The second kappa shape index (κ2) is 5.35. The number of aliphatic imine (C=N–C) groups is 1. The van der Waals surface area contributed by atoms with Gasteiger partial charge >= 0.3 is 6.09 Å². The summed E-state index contributed by atoms with van der Waals surface area (Å²) in [6, 6.07) is 2.92. The van der Waals surface area contributed by atoms with Crippen molar-refractivity contribution in [1.82, 2.24) is 10.5 Å². The van der Waals surface area contributed by atoms with Gasteiger partial charge in [-0.15, -0.1) is 0 Å². The van der Waals surface area contributed by atoms with E-state index in [9.17, 15) is 9.18 Å². The van der Waals surface area contributed by atoms with Crippen molar-refractivity contribution >= 4 is 11.9 Å². The molecule has 0 aliphatic carbocycles. The molecule has 0 aromatic carbocycles. The highest BCUT2D eigenvalue weighted by Crippen LogP contribution is 2.00. The Balaban J connectivity index is 1.68. The van der Waals surface area contributed by atoms with Gasteiger partial charge in [0.15, 0.2) is 12.4 Å². The Kier molecular flexibility index (Phi) is 3.61. The second-order valence-corrected chi connectivity index (χ2v) is 3.30. The molecule has 1 aromatic heterocycles. The lowest BCUT2D eigenvalue weighted by molar-refractivity contribution is 0.0848. The predicted molar refractivity (Wildman–Crippen MR) is 55.8 cm³/mol. The van der Waals surface area contributed by atoms with Gasteiger partial charge in [-0.25, -0.2) is 15.3 Å². The van der Waals surface area contributed by atoms with Gasteiger partial charge in [0.05, 0.1) is 6.61 Å². The summed E-state index contributed by atoms with van der Waals surface area (Å²) in [7, 11) is 0. The van der Waals surface area contributed by atoms with Crippen LogP contribution in [0.4, 0.5) is 9.18 Å². The smallest absolute Gasteiger partial charge is 0.435 e. The number of cyclic esters (lactones) is 1. The van der Waals surface area contributed by atoms with Gasteiger partial charge in [-0.05, 0) is 18.1 Å². The fourth-order valence-electron chi connectivity index (χ4n) is 1.21. The molecule has 0 fully saturated rings. The van der Waals surface area contributed by atoms with E-state index in [0.29, 0.717) is 18.9 Å². The number of amidine groups is 1. The Bertz CT molecular complexity index is 433. The molecule has 1 aliphatic heterocycles. The first-order valence-electron chi connectivity index (χ1n) is 4.96. The van der Waals surface area contributed by atoms with Crippen LogP contribution in [0.2, 0.25) is 0 Å². The SMILES string of the molecule is O=C1N=C(NOCCc2ccc(F)nc2)CO1. The third kappa shape index (κ3) is 3.49. The first-order valence-corrected chi connectivity index (χ1v) is 4.96. The fourth-order valence-corrected chi connectivity index (χ4v) is 1.21. The van der Waals surface area contributed by atoms with Gasteiger partial charge < -0.3 is 4.74 Å². The van der Waals surface area contributed by atoms with Crippen LogP contribution in [-0.2, 0) is 16.0 Å². The molecule has 1 aliphatic rings. The van der Waals surface area contributed by atoms with Crippen LogP contribution in [0.1, 0.15) is 5.56 Å². The Morgan fingerprint density at radius 2 is 2.41 bits per heavy atom. The normalized spacial score (nSPS) is 14.4. The van der Waals surface area contributed by atoms with Gasteiger partial charge in [0.25, 0.3) is 0 Å². The first-order chi connectivity index (χ1) is 8.24. The van der Waals surface area contributed by atoms with Crippen LogP contribution < -0.4 is 5.48 Å². The van der Waals surface area contributed by atoms with Gasteiger partial charge in [-0.3, -0.25) is 4.84 Å². The van der Waals surface area contributed by atoms with Crippen LogP contribution in [0, 0.1) is 5.95 Å². The minimum Gasteiger partial charge on any atom is -0.440 e. The molecule has 0 spiro atoms. The van der Waals surface area contributed by atoms with E-state index in [2.05, 4.69) is 20.2 Å². The first kappa shape index (κ1) is 11.5. The molecular formula is C10H10FN3O3. The van der Waals surface area contributed by atoms with E-state index in [1.54, 1.807) is 6.07 Å². The van der Waals surface area contributed by atoms with E-state index in [4.69, 9.17) is 4.84 Å². The van der Waals surface area contributed by atoms with E-state index >= 15 is 0 Å². The van der Waals surface area contributed by atoms with Crippen LogP contribution in [0.15, 0.2) is 23.3 Å². The number of pyridine rings is 1. The lowest BCUT2D eigenvalue weighted by atomic mass is 10.2. The maximum atomic E-state index is 12.5. The summed E-state index contributed by atoms with van der Waals surface area (Å²) in [6.45, 7) is 0.442. The molecule has 0 saturated carbocycles. The highest BCUT2D eigenvalue weighted by molar-refractivity contribution is 5.96. The zero-order valence-electron chi connectivity index (χ0n) is 8.85. The number of nitrogens with one attached hydrogen (secondary N) is 1. The highest BCUT2D eigenvalue weighted by atomic mass is 19.1. The van der Waals surface area contributed by atoms with Crippen molar-refractivity contribution < 1.29 is 18.8 Å². The van der Waals surface area contributed by atoms with Crippen LogP contribution in [0.5, 0.6) is 0 Å². The lowest BCUT2D eigenvalue weighted by Crippen LogP contribution is -2.25. The lowest BCUT2D eigenvalue weighted by Gasteiger charge is -2.04. The molecule has 1 N–H and O–H groups in total. The average Bonchev–Trinajstić information content (AvgIpc) is 2.73. The van der Waals surface area contributed by atoms with Crippen molar-refractivity contribution in [3.8, 4) is 0 Å². The molecule has 17 heavy (non-hydrogen) atoms. The predicted octanol–water partition coefficient (Wildman–Crippen LogP) is 0.833. The number of halogens is 1. The number of carbonyl (C=O) groups excluding carboxylic acids is 1. The van der Waals surface area contributed by atoms with Gasteiger partial charge in [-0.2, -0.15) is 9.38 Å². The molecule has 7 heteroatoms. The Labute approximate surface area is 96.4 Å². The van der Waals surface area contributed by atoms with E-state index in [0.717, 1.165) is 5.56 Å². The summed E-state index contributed by atoms with van der Waals surface area (Å²) in [6.07, 6.45) is 1.39. The molecule has 0 atom stereocenters. The van der Waals surface area contributed by atoms with Crippen LogP contribution in [-0.4, -0.2) is 30.1 Å². The average molecular weight is 239 g/mol. The minimum atomic E-state index is -0.626. The summed E-state index contributed by atoms with van der Waals surface area (Å²) < 4.78 is 17.1. The van der Waals surface area contributed by atoms with Gasteiger partial charge in [0, 0.05) is 6.20 Å². The number of nitrogens with zero attached hydrogens (tertiary/aromatic N) is 2. The minimum absolute atomic E-state index is 0.0942. The molecule has 0 saturated heterocycles. The van der Waals surface area contributed by atoms with Gasteiger partial charge in [0.1, 0.15) is 0 Å². The van der Waals surface area contributed by atoms with Crippen molar-refractivity contribution in [3.05, 3.63) is 29.8 Å². The van der Waals surface area contributed by atoms with Crippen molar-refractivity contribution in [2.24, 2.45) is 4.99 Å². The largest absolute Gasteiger partial charge is 0.440 e. The molecule has 0 unspecified atom stereocenters. The molecule has 90 valence electrons. The molecule has 0 bridgehead atoms. The van der Waals surface area contributed by atoms with E-state index in [-0.39, 0.29) is 6.61 Å². The molecule has 0 radical (unpaired) electrons. The fraction of sp³-hybridized carbons (Fsp3) is 0.300. The number of hydroxylamine groups is 1. The Hall–Kier alpha value is -2.02. The van der Waals surface area contributed by atoms with E-state index in [1.165, 1.54) is 12.3 Å². The zero-order valence-corrected chi connectivity index (χ0v) is 8.85. The zero-order chi connectivity index (χ0) is 12.1. The number of hydrogen-bond acceptors (Lipinski definition) is 5. The third-order valence-electron chi connectivity index (χ3n) is 2.03. The molecule has 1 aromatic rings. The van der Waals surface area contributed by atoms with Crippen LogP contribution in [0.3, 0.4) is 0 Å². The maximum absolute atomic E-state index is 12.5. The van der Waals surface area contributed by atoms with E-state index < -0.39 is 12.0 Å². The van der Waals surface area contributed by atoms with E-state index in [1.807, 2.05) is 0 Å². The van der Waals surface area contributed by atoms with Crippen molar-refractivity contribution in [1.29, 1.82) is 0 Å². The van der Waals surface area contributed by atoms with Crippen molar-refractivity contribution in [2.75, 3.05) is 13.2 Å². The van der Waals surface area contributed by atoms with Gasteiger partial charge in [0.2, 0.25) is 5.95 Å². The second-order valence-electron chi connectivity index (χ2n) is 3.30.